The molecule has 3 rings (SSSR count). The molecule has 0 aromatic heterocycles. The van der Waals surface area contributed by atoms with Gasteiger partial charge < -0.3 is 5.73 Å². The lowest BCUT2D eigenvalue weighted by Gasteiger charge is -2.18. The second-order valence-corrected chi connectivity index (χ2v) is 6.25. The van der Waals surface area contributed by atoms with E-state index in [4.69, 9.17) is 5.73 Å². The predicted octanol–water partition coefficient (Wildman–Crippen LogP) is 3.90. The monoisotopic (exact) mass is 315 g/mol. The lowest BCUT2D eigenvalue weighted by Crippen LogP contribution is -2.22. The molecule has 2 aromatic carbocycles. The smallest absolute Gasteiger partial charge is 0.140 e. The van der Waals surface area contributed by atoms with Crippen LogP contribution in [0.2, 0.25) is 0 Å². The highest BCUT2D eigenvalue weighted by Gasteiger charge is 2.32. The van der Waals surface area contributed by atoms with Gasteiger partial charge in [-0.05, 0) is 35.1 Å². The van der Waals surface area contributed by atoms with E-state index in [2.05, 4.69) is 0 Å². The maximum absolute atomic E-state index is 13.8. The summed E-state index contributed by atoms with van der Waals surface area (Å²) in [6, 6.07) is 11.1. The first-order valence-electron chi connectivity index (χ1n) is 7.78. The van der Waals surface area contributed by atoms with Crippen molar-refractivity contribution in [3.05, 3.63) is 70.8 Å². The molecular weight excluding hydrogens is 296 g/mol. The van der Waals surface area contributed by atoms with Crippen molar-refractivity contribution in [3.8, 4) is 0 Å². The lowest BCUT2D eigenvalue weighted by atomic mass is 9.87. The molecule has 0 heterocycles. The molecule has 2 N–H and O–H groups in total. The van der Waals surface area contributed by atoms with Crippen molar-refractivity contribution in [1.29, 1.82) is 0 Å². The van der Waals surface area contributed by atoms with E-state index in [1.54, 1.807) is 6.92 Å². The predicted molar refractivity (Wildman–Crippen MR) is 85.0 cm³/mol. The van der Waals surface area contributed by atoms with Gasteiger partial charge in [0.2, 0.25) is 0 Å². The van der Waals surface area contributed by atoms with Gasteiger partial charge in [0, 0.05) is 24.4 Å². The van der Waals surface area contributed by atoms with Crippen LogP contribution in [0.25, 0.3) is 0 Å². The van der Waals surface area contributed by atoms with E-state index >= 15 is 0 Å². The highest BCUT2D eigenvalue weighted by molar-refractivity contribution is 5.85. The van der Waals surface area contributed by atoms with Crippen LogP contribution in [0.4, 0.5) is 8.78 Å². The Balaban J connectivity index is 1.73. The molecular formula is C19H19F2NO. The first-order valence-corrected chi connectivity index (χ1v) is 7.78. The lowest BCUT2D eigenvalue weighted by molar-refractivity contribution is -0.121. The summed E-state index contributed by atoms with van der Waals surface area (Å²) < 4.78 is 26.9. The van der Waals surface area contributed by atoms with E-state index in [1.807, 2.05) is 24.3 Å². The molecule has 1 aliphatic carbocycles. The molecule has 0 spiro atoms. The normalized spacial score (nSPS) is 21.0. The molecule has 2 aromatic rings. The average Bonchev–Trinajstić information content (AvgIpc) is 2.83. The molecule has 0 saturated carbocycles. The summed E-state index contributed by atoms with van der Waals surface area (Å²) in [5.74, 6) is -1.95. The Hall–Kier alpha value is -2.07. The number of Topliss-reactive ketones (excluding diaryl/α,β-unsaturated/α-hetero) is 1. The topological polar surface area (TPSA) is 43.1 Å². The van der Waals surface area contributed by atoms with E-state index in [-0.39, 0.29) is 23.3 Å². The summed E-state index contributed by atoms with van der Waals surface area (Å²) in [4.78, 5) is 12.5. The van der Waals surface area contributed by atoms with Crippen LogP contribution in [0.5, 0.6) is 0 Å². The zero-order valence-corrected chi connectivity index (χ0v) is 12.9. The number of carbonyl (C=O) groups is 1. The largest absolute Gasteiger partial charge is 0.324 e. The van der Waals surface area contributed by atoms with Crippen molar-refractivity contribution in [2.45, 2.75) is 31.7 Å². The fourth-order valence-electron chi connectivity index (χ4n) is 3.37. The van der Waals surface area contributed by atoms with Crippen LogP contribution in [-0.2, 0) is 11.2 Å². The quantitative estimate of drug-likeness (QED) is 0.930. The van der Waals surface area contributed by atoms with E-state index in [1.165, 1.54) is 17.7 Å². The molecule has 2 nitrogen and oxygen atoms in total. The van der Waals surface area contributed by atoms with Crippen molar-refractivity contribution in [2.75, 3.05) is 0 Å². The van der Waals surface area contributed by atoms with Crippen LogP contribution in [-0.4, -0.2) is 5.78 Å². The third-order valence-corrected chi connectivity index (χ3v) is 4.78. The first kappa shape index (κ1) is 15.8. The Morgan fingerprint density at radius 2 is 2.00 bits per heavy atom. The second-order valence-electron chi connectivity index (χ2n) is 6.25. The van der Waals surface area contributed by atoms with E-state index in [9.17, 15) is 13.6 Å². The van der Waals surface area contributed by atoms with Crippen LogP contribution in [0.3, 0.4) is 0 Å². The fourth-order valence-corrected chi connectivity index (χ4v) is 3.37. The molecule has 3 atom stereocenters. The molecule has 0 radical (unpaired) electrons. The molecule has 23 heavy (non-hydrogen) atoms. The van der Waals surface area contributed by atoms with Gasteiger partial charge in [-0.2, -0.15) is 0 Å². The van der Waals surface area contributed by atoms with Gasteiger partial charge in [0.15, 0.2) is 0 Å². The number of hydrogen-bond donors (Lipinski definition) is 1. The third kappa shape index (κ3) is 3.04. The van der Waals surface area contributed by atoms with Crippen molar-refractivity contribution < 1.29 is 13.6 Å². The summed E-state index contributed by atoms with van der Waals surface area (Å²) >= 11 is 0. The van der Waals surface area contributed by atoms with Gasteiger partial charge >= 0.3 is 0 Å². The zero-order valence-electron chi connectivity index (χ0n) is 12.9. The van der Waals surface area contributed by atoms with Gasteiger partial charge in [-0.15, -0.1) is 0 Å². The van der Waals surface area contributed by atoms with E-state index in [0.29, 0.717) is 6.42 Å². The Kier molecular flexibility index (Phi) is 4.26. The molecule has 0 saturated heterocycles. The number of carbonyl (C=O) groups excluding carboxylic acids is 1. The number of hydrogen-bond acceptors (Lipinski definition) is 2. The maximum Gasteiger partial charge on any atom is 0.140 e. The van der Waals surface area contributed by atoms with E-state index in [0.717, 1.165) is 18.1 Å². The Labute approximate surface area is 134 Å². The maximum atomic E-state index is 13.8. The van der Waals surface area contributed by atoms with Gasteiger partial charge in [-0.3, -0.25) is 4.79 Å². The summed E-state index contributed by atoms with van der Waals surface area (Å²) in [5.41, 5.74) is 8.76. The number of fused-ring (bicyclic) bond motifs is 1. The SMILES string of the molecule is C[C@H](C(=O)C[C@H]1Cc2ccccc2[C@@H]1N)c1ccc(F)cc1F. The number of nitrogens with two attached hydrogens (primary N) is 1. The number of benzene rings is 2. The van der Waals surface area contributed by atoms with Crippen LogP contribution < -0.4 is 5.73 Å². The Morgan fingerprint density at radius 3 is 2.70 bits per heavy atom. The van der Waals surface area contributed by atoms with E-state index < -0.39 is 17.6 Å². The minimum Gasteiger partial charge on any atom is -0.324 e. The first-order chi connectivity index (χ1) is 11.0. The number of rotatable bonds is 4. The van der Waals surface area contributed by atoms with Gasteiger partial charge in [0.05, 0.1) is 0 Å². The molecule has 0 unspecified atom stereocenters. The van der Waals surface area contributed by atoms with Gasteiger partial charge in [-0.25, -0.2) is 8.78 Å². The minimum atomic E-state index is -0.676. The molecule has 0 bridgehead atoms. The highest BCUT2D eigenvalue weighted by Crippen LogP contribution is 2.37. The number of ketones is 1. The molecule has 0 amide bonds. The summed E-state index contributed by atoms with van der Waals surface area (Å²) in [6.07, 6.45) is 1.07. The van der Waals surface area contributed by atoms with Crippen LogP contribution in [0.1, 0.15) is 42.0 Å². The second kappa shape index (κ2) is 6.20. The minimum absolute atomic E-state index is 0.0332. The Bertz CT molecular complexity index is 744. The summed E-state index contributed by atoms with van der Waals surface area (Å²) in [5, 5.41) is 0. The molecule has 120 valence electrons. The highest BCUT2D eigenvalue weighted by atomic mass is 19.1. The third-order valence-electron chi connectivity index (χ3n) is 4.78. The molecule has 4 heteroatoms. The summed E-state index contributed by atoms with van der Waals surface area (Å²) in [6.45, 7) is 1.66. The van der Waals surface area contributed by atoms with Crippen LogP contribution >= 0.6 is 0 Å². The van der Waals surface area contributed by atoms with Gasteiger partial charge in [0.25, 0.3) is 0 Å². The number of halogens is 2. The van der Waals surface area contributed by atoms with Crippen molar-refractivity contribution >= 4 is 5.78 Å². The average molecular weight is 315 g/mol. The van der Waals surface area contributed by atoms with Crippen LogP contribution in [0, 0.1) is 17.6 Å². The standard InChI is InChI=1S/C19H19F2NO/c1-11(15-7-6-14(20)10-17(15)21)18(23)9-13-8-12-4-2-3-5-16(12)19(13)22/h2-7,10-11,13,19H,8-9,22H2,1H3/t11-,13+,19+/m0/s1. The summed E-state index contributed by atoms with van der Waals surface area (Å²) in [7, 11) is 0. The Morgan fingerprint density at radius 1 is 1.26 bits per heavy atom. The van der Waals surface area contributed by atoms with Crippen molar-refractivity contribution in [2.24, 2.45) is 11.7 Å². The fraction of sp³-hybridized carbons (Fsp3) is 0.316. The molecule has 0 aliphatic heterocycles. The molecule has 1 aliphatic rings. The molecule has 0 fully saturated rings. The van der Waals surface area contributed by atoms with Gasteiger partial charge in [-0.1, -0.05) is 37.3 Å². The van der Waals surface area contributed by atoms with Crippen LogP contribution in [0.15, 0.2) is 42.5 Å². The zero-order chi connectivity index (χ0) is 16.6. The van der Waals surface area contributed by atoms with Gasteiger partial charge in [0.1, 0.15) is 17.4 Å². The van der Waals surface area contributed by atoms with Crippen molar-refractivity contribution in [3.63, 3.8) is 0 Å². The van der Waals surface area contributed by atoms with Crippen molar-refractivity contribution in [1.82, 2.24) is 0 Å².